The van der Waals surface area contributed by atoms with Crippen molar-refractivity contribution in [3.63, 3.8) is 0 Å². The molecule has 0 fully saturated rings. The molecule has 0 unspecified atom stereocenters. The van der Waals surface area contributed by atoms with Gasteiger partial charge in [0.2, 0.25) is 15.0 Å². The fraction of sp³-hybridized carbons (Fsp3) is 0.125. The van der Waals surface area contributed by atoms with E-state index >= 15 is 0 Å². The number of aromatic amines is 1. The lowest BCUT2D eigenvalue weighted by Gasteiger charge is -2.06. The van der Waals surface area contributed by atoms with Crippen molar-refractivity contribution in [3.05, 3.63) is 72.8 Å². The molecule has 0 saturated heterocycles. The number of nitrogens with zero attached hydrogens (tertiary/aromatic N) is 1. The van der Waals surface area contributed by atoms with Crippen LogP contribution in [0.1, 0.15) is 0 Å². The average Bonchev–Trinajstić information content (AvgIpc) is 3.30. The maximum Gasteiger partial charge on any atom is 0.239 e. The van der Waals surface area contributed by atoms with Gasteiger partial charge in [-0.3, -0.25) is 0 Å². The van der Waals surface area contributed by atoms with Crippen LogP contribution in [0.25, 0.3) is 22.5 Å². The van der Waals surface area contributed by atoms with Gasteiger partial charge in [0, 0.05) is 11.1 Å². The predicted molar refractivity (Wildman–Crippen MR) is 121 cm³/mol. The molecule has 1 heterocycles. The van der Waals surface area contributed by atoms with E-state index in [9.17, 15) is 8.42 Å². The summed E-state index contributed by atoms with van der Waals surface area (Å²) in [6.07, 6.45) is 0. The summed E-state index contributed by atoms with van der Waals surface area (Å²) in [4.78, 5) is 7.65. The van der Waals surface area contributed by atoms with Crippen LogP contribution in [0.2, 0.25) is 0 Å². The maximum atomic E-state index is 13.3. The molecule has 8 heteroatoms. The molecule has 3 aromatic carbocycles. The van der Waals surface area contributed by atoms with Crippen molar-refractivity contribution in [1.82, 2.24) is 9.97 Å². The van der Waals surface area contributed by atoms with Gasteiger partial charge >= 0.3 is 0 Å². The standard InChI is InChI=1S/C24H22N2O5S/c1-29-18-8-4-16(5-9-18)22-23(17-6-10-19(30-2)11-7-17)26-24(25-22)32(27,28)21-14-12-20(31-3)13-15-21/h4-15H,1-3H3,(H,25,26). The van der Waals surface area contributed by atoms with Gasteiger partial charge in [-0.1, -0.05) is 0 Å². The minimum atomic E-state index is -3.88. The smallest absolute Gasteiger partial charge is 0.239 e. The SMILES string of the molecule is COc1ccc(-c2nc(S(=O)(=O)c3ccc(OC)cc3)[nH]c2-c2ccc(OC)cc2)cc1. The van der Waals surface area contributed by atoms with Crippen molar-refractivity contribution in [1.29, 1.82) is 0 Å². The minimum Gasteiger partial charge on any atom is -0.497 e. The van der Waals surface area contributed by atoms with E-state index in [4.69, 9.17) is 14.2 Å². The molecule has 1 N–H and O–H groups in total. The topological polar surface area (TPSA) is 90.5 Å². The van der Waals surface area contributed by atoms with Crippen molar-refractivity contribution < 1.29 is 22.6 Å². The lowest BCUT2D eigenvalue weighted by Crippen LogP contribution is -2.04. The molecule has 164 valence electrons. The highest BCUT2D eigenvalue weighted by atomic mass is 32.2. The number of hydrogen-bond donors (Lipinski definition) is 1. The minimum absolute atomic E-state index is 0.120. The van der Waals surface area contributed by atoms with Crippen LogP contribution < -0.4 is 14.2 Å². The lowest BCUT2D eigenvalue weighted by atomic mass is 10.0. The Morgan fingerprint density at radius 1 is 0.656 bits per heavy atom. The quantitative estimate of drug-likeness (QED) is 0.442. The van der Waals surface area contributed by atoms with E-state index < -0.39 is 9.84 Å². The Balaban J connectivity index is 1.85. The molecule has 1 aromatic heterocycles. The number of methoxy groups -OCH3 is 3. The van der Waals surface area contributed by atoms with Gasteiger partial charge in [0.25, 0.3) is 0 Å². The fourth-order valence-corrected chi connectivity index (χ4v) is 4.44. The van der Waals surface area contributed by atoms with E-state index in [2.05, 4.69) is 9.97 Å². The molecule has 0 radical (unpaired) electrons. The zero-order valence-electron chi connectivity index (χ0n) is 17.8. The van der Waals surface area contributed by atoms with E-state index in [0.717, 1.165) is 11.1 Å². The third-order valence-electron chi connectivity index (χ3n) is 5.05. The molecule has 0 saturated carbocycles. The molecule has 4 rings (SSSR count). The molecule has 0 aliphatic rings. The number of benzene rings is 3. The van der Waals surface area contributed by atoms with Crippen LogP contribution in [0, 0.1) is 0 Å². The largest absolute Gasteiger partial charge is 0.497 e. The van der Waals surface area contributed by atoms with Crippen molar-refractivity contribution >= 4 is 9.84 Å². The van der Waals surface area contributed by atoms with E-state index in [1.54, 1.807) is 38.5 Å². The molecule has 0 bridgehead atoms. The summed E-state index contributed by atoms with van der Waals surface area (Å²) in [5.41, 5.74) is 2.64. The van der Waals surface area contributed by atoms with Gasteiger partial charge in [-0.2, -0.15) is 0 Å². The number of imidazole rings is 1. The van der Waals surface area contributed by atoms with Crippen LogP contribution in [0.3, 0.4) is 0 Å². The van der Waals surface area contributed by atoms with Gasteiger partial charge in [0.05, 0.1) is 37.6 Å². The highest BCUT2D eigenvalue weighted by molar-refractivity contribution is 7.91. The third kappa shape index (κ3) is 4.04. The highest BCUT2D eigenvalue weighted by Crippen LogP contribution is 2.34. The zero-order valence-corrected chi connectivity index (χ0v) is 18.6. The molecular weight excluding hydrogens is 428 g/mol. The fourth-order valence-electron chi connectivity index (χ4n) is 3.27. The number of sulfone groups is 1. The molecule has 0 atom stereocenters. The summed E-state index contributed by atoms with van der Waals surface area (Å²) < 4.78 is 42.2. The number of nitrogens with one attached hydrogen (secondary N) is 1. The second-order valence-electron chi connectivity index (χ2n) is 6.90. The van der Waals surface area contributed by atoms with Crippen LogP contribution in [0.4, 0.5) is 0 Å². The van der Waals surface area contributed by atoms with Gasteiger partial charge in [0.1, 0.15) is 17.2 Å². The van der Waals surface area contributed by atoms with Crippen molar-refractivity contribution in [2.45, 2.75) is 10.1 Å². The van der Waals surface area contributed by atoms with Crippen molar-refractivity contribution in [2.24, 2.45) is 0 Å². The maximum absolute atomic E-state index is 13.3. The van der Waals surface area contributed by atoms with E-state index in [1.807, 2.05) is 36.4 Å². The summed E-state index contributed by atoms with van der Waals surface area (Å²) in [7, 11) is 0.827. The van der Waals surface area contributed by atoms with Crippen LogP contribution in [-0.2, 0) is 9.84 Å². The molecule has 0 spiro atoms. The molecule has 0 aliphatic carbocycles. The Bertz CT molecular complexity index is 1250. The van der Waals surface area contributed by atoms with E-state index in [1.165, 1.54) is 19.2 Å². The van der Waals surface area contributed by atoms with Gasteiger partial charge in [-0.25, -0.2) is 13.4 Å². The second kappa shape index (κ2) is 8.76. The van der Waals surface area contributed by atoms with Gasteiger partial charge in [-0.05, 0) is 72.8 Å². The Morgan fingerprint density at radius 3 is 1.56 bits per heavy atom. The molecule has 4 aromatic rings. The summed E-state index contributed by atoms with van der Waals surface area (Å²) >= 11 is 0. The van der Waals surface area contributed by atoms with Crippen LogP contribution >= 0.6 is 0 Å². The van der Waals surface area contributed by atoms with E-state index in [-0.39, 0.29) is 10.1 Å². The summed E-state index contributed by atoms with van der Waals surface area (Å²) in [6.45, 7) is 0. The van der Waals surface area contributed by atoms with Crippen LogP contribution in [-0.4, -0.2) is 39.7 Å². The van der Waals surface area contributed by atoms with Crippen molar-refractivity contribution in [2.75, 3.05) is 21.3 Å². The lowest BCUT2D eigenvalue weighted by molar-refractivity contribution is 0.414. The number of H-pyrrole nitrogens is 1. The average molecular weight is 451 g/mol. The first-order chi connectivity index (χ1) is 15.5. The highest BCUT2D eigenvalue weighted by Gasteiger charge is 2.25. The van der Waals surface area contributed by atoms with E-state index in [0.29, 0.717) is 28.6 Å². The van der Waals surface area contributed by atoms with Gasteiger partial charge in [-0.15, -0.1) is 0 Å². The molecule has 0 aliphatic heterocycles. The number of aromatic nitrogens is 2. The summed E-state index contributed by atoms with van der Waals surface area (Å²) in [5, 5.41) is -0.140. The molecule has 7 nitrogen and oxygen atoms in total. The van der Waals surface area contributed by atoms with Gasteiger partial charge < -0.3 is 19.2 Å². The number of rotatable bonds is 7. The predicted octanol–water partition coefficient (Wildman–Crippen LogP) is 4.60. The summed E-state index contributed by atoms with van der Waals surface area (Å²) in [6, 6.07) is 20.8. The second-order valence-corrected chi connectivity index (χ2v) is 8.77. The first kappa shape index (κ1) is 21.5. The normalized spacial score (nSPS) is 11.2. The Kier molecular flexibility index (Phi) is 5.87. The molecule has 0 amide bonds. The van der Waals surface area contributed by atoms with Crippen molar-refractivity contribution in [3.8, 4) is 39.8 Å². The molecular formula is C24H22N2O5S. The first-order valence-electron chi connectivity index (χ1n) is 9.74. The van der Waals surface area contributed by atoms with Crippen LogP contribution in [0.5, 0.6) is 17.2 Å². The Labute approximate surface area is 186 Å². The zero-order chi connectivity index (χ0) is 22.7. The van der Waals surface area contributed by atoms with Gasteiger partial charge in [0.15, 0.2) is 0 Å². The number of ether oxygens (including phenoxy) is 3. The number of hydrogen-bond acceptors (Lipinski definition) is 6. The first-order valence-corrected chi connectivity index (χ1v) is 11.2. The monoisotopic (exact) mass is 450 g/mol. The molecule has 32 heavy (non-hydrogen) atoms. The third-order valence-corrected chi connectivity index (χ3v) is 6.64. The Morgan fingerprint density at radius 2 is 1.09 bits per heavy atom. The Hall–Kier alpha value is -3.78. The van der Waals surface area contributed by atoms with Crippen LogP contribution in [0.15, 0.2) is 82.8 Å². The summed E-state index contributed by atoms with van der Waals surface area (Å²) in [5.74, 6) is 1.97.